The summed E-state index contributed by atoms with van der Waals surface area (Å²) < 4.78 is 0. The molecule has 0 saturated carbocycles. The third kappa shape index (κ3) is 2.23. The summed E-state index contributed by atoms with van der Waals surface area (Å²) in [6, 6.07) is 11.0. The molecule has 0 aliphatic carbocycles. The molecule has 0 heterocycles. The first-order chi connectivity index (χ1) is 8.09. The minimum Gasteiger partial charge on any atom is -0.506 e. The molecule has 2 rings (SSSR count). The lowest BCUT2D eigenvalue weighted by Crippen LogP contribution is -2.30. The smallest absolute Gasteiger partial charge is 0.255 e. The van der Waals surface area contributed by atoms with Gasteiger partial charge in [-0.25, -0.2) is 0 Å². The maximum Gasteiger partial charge on any atom is 0.255 e. The summed E-state index contributed by atoms with van der Waals surface area (Å²) in [4.78, 5) is 11.8. The van der Waals surface area contributed by atoms with Crippen LogP contribution in [0.15, 0.2) is 36.4 Å². The molecule has 0 aliphatic heterocycles. The lowest BCUT2D eigenvalue weighted by atomic mass is 10.0. The SMILES string of the molecule is CC(C)NC(=O)c1ccc2ccccc2c1O. The van der Waals surface area contributed by atoms with Crippen molar-refractivity contribution in [3.05, 3.63) is 42.0 Å². The molecule has 0 bridgehead atoms. The fourth-order valence-electron chi connectivity index (χ4n) is 1.78. The van der Waals surface area contributed by atoms with Crippen molar-refractivity contribution in [2.75, 3.05) is 0 Å². The van der Waals surface area contributed by atoms with E-state index in [0.29, 0.717) is 10.9 Å². The van der Waals surface area contributed by atoms with Crippen LogP contribution in [0.5, 0.6) is 5.75 Å². The summed E-state index contributed by atoms with van der Waals surface area (Å²) >= 11 is 0. The van der Waals surface area contributed by atoms with Crippen molar-refractivity contribution < 1.29 is 9.90 Å². The van der Waals surface area contributed by atoms with Crippen molar-refractivity contribution in [3.63, 3.8) is 0 Å². The number of amides is 1. The van der Waals surface area contributed by atoms with E-state index in [1.54, 1.807) is 12.1 Å². The van der Waals surface area contributed by atoms with Gasteiger partial charge in [0.1, 0.15) is 5.75 Å². The zero-order chi connectivity index (χ0) is 12.4. The van der Waals surface area contributed by atoms with Gasteiger partial charge in [-0.2, -0.15) is 0 Å². The van der Waals surface area contributed by atoms with E-state index < -0.39 is 0 Å². The summed E-state index contributed by atoms with van der Waals surface area (Å²) in [7, 11) is 0. The highest BCUT2D eigenvalue weighted by molar-refractivity contribution is 6.03. The first-order valence-electron chi connectivity index (χ1n) is 5.61. The monoisotopic (exact) mass is 229 g/mol. The van der Waals surface area contributed by atoms with Gasteiger partial charge < -0.3 is 10.4 Å². The van der Waals surface area contributed by atoms with Crippen molar-refractivity contribution in [1.29, 1.82) is 0 Å². The molecule has 3 heteroatoms. The van der Waals surface area contributed by atoms with Gasteiger partial charge in [-0.05, 0) is 25.3 Å². The zero-order valence-electron chi connectivity index (χ0n) is 9.90. The lowest BCUT2D eigenvalue weighted by Gasteiger charge is -2.11. The number of hydrogen-bond donors (Lipinski definition) is 2. The van der Waals surface area contributed by atoms with E-state index in [4.69, 9.17) is 0 Å². The molecule has 0 fully saturated rings. The van der Waals surface area contributed by atoms with Gasteiger partial charge in [0.05, 0.1) is 5.56 Å². The van der Waals surface area contributed by atoms with Crippen molar-refractivity contribution in [2.45, 2.75) is 19.9 Å². The van der Waals surface area contributed by atoms with E-state index in [-0.39, 0.29) is 17.7 Å². The largest absolute Gasteiger partial charge is 0.506 e. The highest BCUT2D eigenvalue weighted by Crippen LogP contribution is 2.28. The molecule has 2 N–H and O–H groups in total. The highest BCUT2D eigenvalue weighted by Gasteiger charge is 2.13. The van der Waals surface area contributed by atoms with E-state index in [1.165, 1.54) is 0 Å². The molecule has 0 radical (unpaired) electrons. The van der Waals surface area contributed by atoms with Gasteiger partial charge in [0.15, 0.2) is 0 Å². The fourth-order valence-corrected chi connectivity index (χ4v) is 1.78. The molecular formula is C14H15NO2. The number of aromatic hydroxyl groups is 1. The Hall–Kier alpha value is -2.03. The summed E-state index contributed by atoms with van der Waals surface area (Å²) in [5, 5.41) is 14.5. The minimum atomic E-state index is -0.247. The second-order valence-corrected chi connectivity index (χ2v) is 4.31. The van der Waals surface area contributed by atoms with Crippen LogP contribution in [0.2, 0.25) is 0 Å². The first-order valence-corrected chi connectivity index (χ1v) is 5.61. The molecule has 2 aromatic carbocycles. The fraction of sp³-hybridized carbons (Fsp3) is 0.214. The third-order valence-electron chi connectivity index (χ3n) is 2.56. The molecule has 0 spiro atoms. The minimum absolute atomic E-state index is 0.0428. The molecule has 17 heavy (non-hydrogen) atoms. The number of rotatable bonds is 2. The van der Waals surface area contributed by atoms with Gasteiger partial charge in [0, 0.05) is 11.4 Å². The second kappa shape index (κ2) is 4.45. The van der Waals surface area contributed by atoms with Gasteiger partial charge >= 0.3 is 0 Å². The summed E-state index contributed by atoms with van der Waals surface area (Å²) in [5.41, 5.74) is 0.317. The summed E-state index contributed by atoms with van der Waals surface area (Å²) in [6.07, 6.45) is 0. The zero-order valence-corrected chi connectivity index (χ0v) is 9.90. The Bertz CT molecular complexity index is 561. The first kappa shape index (κ1) is 11.5. The molecule has 0 atom stereocenters. The molecule has 0 unspecified atom stereocenters. The number of phenols is 1. The second-order valence-electron chi connectivity index (χ2n) is 4.31. The Labute approximate surface area is 100 Å². The van der Waals surface area contributed by atoms with Crippen molar-refractivity contribution in [3.8, 4) is 5.75 Å². The molecule has 0 aliphatic rings. The van der Waals surface area contributed by atoms with Crippen molar-refractivity contribution >= 4 is 16.7 Å². The Balaban J connectivity index is 2.49. The van der Waals surface area contributed by atoms with Gasteiger partial charge in [0.25, 0.3) is 5.91 Å². The summed E-state index contributed by atoms with van der Waals surface area (Å²) in [5.74, 6) is -0.204. The number of fused-ring (bicyclic) bond motifs is 1. The van der Waals surface area contributed by atoms with E-state index in [0.717, 1.165) is 5.39 Å². The number of carbonyl (C=O) groups is 1. The van der Waals surface area contributed by atoms with Gasteiger partial charge in [-0.1, -0.05) is 30.3 Å². The highest BCUT2D eigenvalue weighted by atomic mass is 16.3. The van der Waals surface area contributed by atoms with E-state index in [9.17, 15) is 9.90 Å². The van der Waals surface area contributed by atoms with Crippen LogP contribution >= 0.6 is 0 Å². The van der Waals surface area contributed by atoms with Crippen molar-refractivity contribution in [1.82, 2.24) is 5.32 Å². The Morgan fingerprint density at radius 2 is 1.88 bits per heavy atom. The molecule has 2 aromatic rings. The number of phenolic OH excluding ortho intramolecular Hbond substituents is 1. The Kier molecular flexibility index (Phi) is 3.00. The van der Waals surface area contributed by atoms with Crippen LogP contribution < -0.4 is 5.32 Å². The lowest BCUT2D eigenvalue weighted by molar-refractivity contribution is 0.0940. The molecule has 1 amide bonds. The quantitative estimate of drug-likeness (QED) is 0.831. The average Bonchev–Trinajstić information content (AvgIpc) is 2.28. The summed E-state index contributed by atoms with van der Waals surface area (Å²) in [6.45, 7) is 3.77. The predicted molar refractivity (Wildman–Crippen MR) is 68.2 cm³/mol. The number of nitrogens with one attached hydrogen (secondary N) is 1. The third-order valence-corrected chi connectivity index (χ3v) is 2.56. The topological polar surface area (TPSA) is 49.3 Å². The van der Waals surface area contributed by atoms with E-state index >= 15 is 0 Å². The van der Waals surface area contributed by atoms with Crippen LogP contribution in [-0.4, -0.2) is 17.1 Å². The van der Waals surface area contributed by atoms with Crippen LogP contribution in [0.25, 0.3) is 10.8 Å². The van der Waals surface area contributed by atoms with Gasteiger partial charge in [-0.3, -0.25) is 4.79 Å². The van der Waals surface area contributed by atoms with Crippen LogP contribution in [-0.2, 0) is 0 Å². The van der Waals surface area contributed by atoms with E-state index in [2.05, 4.69) is 5.32 Å². The van der Waals surface area contributed by atoms with Crippen LogP contribution in [0, 0.1) is 0 Å². The maximum absolute atomic E-state index is 11.8. The van der Waals surface area contributed by atoms with Crippen LogP contribution in [0.1, 0.15) is 24.2 Å². The Morgan fingerprint density at radius 1 is 1.18 bits per heavy atom. The number of carbonyl (C=O) groups excluding carboxylic acids is 1. The number of benzene rings is 2. The van der Waals surface area contributed by atoms with Gasteiger partial charge in [0.2, 0.25) is 0 Å². The number of hydrogen-bond acceptors (Lipinski definition) is 2. The maximum atomic E-state index is 11.8. The molecule has 3 nitrogen and oxygen atoms in total. The normalized spacial score (nSPS) is 10.8. The van der Waals surface area contributed by atoms with Crippen molar-refractivity contribution in [2.24, 2.45) is 0 Å². The predicted octanol–water partition coefficient (Wildman–Crippen LogP) is 2.68. The van der Waals surface area contributed by atoms with Crippen LogP contribution in [0.3, 0.4) is 0 Å². The standard InChI is InChI=1S/C14H15NO2/c1-9(2)15-14(17)12-8-7-10-5-3-4-6-11(10)13(12)16/h3-9,16H,1-2H3,(H,15,17). The molecule has 0 aromatic heterocycles. The Morgan fingerprint density at radius 3 is 2.59 bits per heavy atom. The molecule has 0 saturated heterocycles. The van der Waals surface area contributed by atoms with Gasteiger partial charge in [-0.15, -0.1) is 0 Å². The van der Waals surface area contributed by atoms with Crippen LogP contribution in [0.4, 0.5) is 0 Å². The molecular weight excluding hydrogens is 214 g/mol. The molecule has 88 valence electrons. The average molecular weight is 229 g/mol. The van der Waals surface area contributed by atoms with E-state index in [1.807, 2.05) is 38.1 Å².